The Labute approximate surface area is 110 Å². The van der Waals surface area contributed by atoms with Crippen molar-refractivity contribution in [2.45, 2.75) is 25.7 Å². The normalized spacial score (nSPS) is 15.1. The Kier molecular flexibility index (Phi) is 3.15. The maximum Gasteiger partial charge on any atom is 0.255 e. The number of anilines is 1. The molecule has 0 saturated carbocycles. The van der Waals surface area contributed by atoms with Crippen molar-refractivity contribution in [3.63, 3.8) is 0 Å². The topological polar surface area (TPSA) is 55.1 Å². The van der Waals surface area contributed by atoms with Crippen molar-refractivity contribution in [2.24, 2.45) is 0 Å². The summed E-state index contributed by atoms with van der Waals surface area (Å²) >= 11 is 5.94. The molecule has 0 radical (unpaired) electrons. The molecule has 1 N–H and O–H groups in total. The van der Waals surface area contributed by atoms with E-state index in [0.717, 1.165) is 18.8 Å². The number of allylic oxidation sites excluding steroid dienone is 1. The van der Waals surface area contributed by atoms with E-state index in [1.54, 1.807) is 10.6 Å². The fraction of sp³-hybridized carbons (Fsp3) is 0.417. The van der Waals surface area contributed by atoms with Crippen molar-refractivity contribution in [3.8, 4) is 0 Å². The molecule has 1 aliphatic rings. The average Bonchev–Trinajstić information content (AvgIpc) is 2.98. The lowest BCUT2D eigenvalue weighted by molar-refractivity contribution is 0.854. The highest BCUT2D eigenvalue weighted by molar-refractivity contribution is 6.29. The summed E-state index contributed by atoms with van der Waals surface area (Å²) in [6.45, 7) is 0.876. The highest BCUT2D eigenvalue weighted by Crippen LogP contribution is 2.21. The van der Waals surface area contributed by atoms with Gasteiger partial charge in [0.15, 0.2) is 0 Å². The Hall–Kier alpha value is -1.62. The summed E-state index contributed by atoms with van der Waals surface area (Å²) in [6.07, 6.45) is 8.64. The minimum Gasteiger partial charge on any atom is -0.369 e. The Morgan fingerprint density at radius 2 is 2.39 bits per heavy atom. The molecule has 94 valence electrons. The van der Waals surface area contributed by atoms with E-state index in [9.17, 15) is 0 Å². The van der Waals surface area contributed by atoms with Crippen LogP contribution in [-0.4, -0.2) is 26.1 Å². The minimum atomic E-state index is 0.429. The molecule has 0 spiro atoms. The monoisotopic (exact) mass is 263 g/mol. The molecule has 2 heterocycles. The van der Waals surface area contributed by atoms with Gasteiger partial charge in [-0.25, -0.2) is 0 Å². The van der Waals surface area contributed by atoms with Crippen LogP contribution >= 0.6 is 11.6 Å². The van der Waals surface area contributed by atoms with Gasteiger partial charge in [-0.15, -0.1) is 0 Å². The second-order valence-corrected chi connectivity index (χ2v) is 4.75. The number of halogens is 1. The summed E-state index contributed by atoms with van der Waals surface area (Å²) in [5.41, 5.74) is 1.54. The van der Waals surface area contributed by atoms with Crippen LogP contribution < -0.4 is 5.32 Å². The van der Waals surface area contributed by atoms with Crippen LogP contribution in [0.4, 0.5) is 5.82 Å². The summed E-state index contributed by atoms with van der Waals surface area (Å²) in [4.78, 5) is 8.12. The predicted octanol–water partition coefficient (Wildman–Crippen LogP) is 2.69. The second-order valence-electron chi connectivity index (χ2n) is 4.37. The van der Waals surface area contributed by atoms with E-state index >= 15 is 0 Å². The van der Waals surface area contributed by atoms with Crippen molar-refractivity contribution in [1.29, 1.82) is 0 Å². The van der Waals surface area contributed by atoms with E-state index in [-0.39, 0.29) is 0 Å². The van der Waals surface area contributed by atoms with E-state index in [1.807, 2.05) is 0 Å². The first-order valence-corrected chi connectivity index (χ1v) is 6.49. The Morgan fingerprint density at radius 1 is 1.44 bits per heavy atom. The zero-order valence-corrected chi connectivity index (χ0v) is 10.7. The van der Waals surface area contributed by atoms with Gasteiger partial charge in [0.1, 0.15) is 17.3 Å². The minimum absolute atomic E-state index is 0.429. The number of hydrogen-bond acceptors (Lipinski definition) is 4. The maximum atomic E-state index is 5.94. The van der Waals surface area contributed by atoms with Gasteiger partial charge in [-0.1, -0.05) is 23.3 Å². The molecule has 0 unspecified atom stereocenters. The number of rotatable bonds is 4. The van der Waals surface area contributed by atoms with Crippen LogP contribution in [0.25, 0.3) is 5.78 Å². The third-order valence-electron chi connectivity index (χ3n) is 3.11. The van der Waals surface area contributed by atoms with Crippen LogP contribution in [0.5, 0.6) is 0 Å². The van der Waals surface area contributed by atoms with Crippen LogP contribution in [0.2, 0.25) is 5.15 Å². The van der Waals surface area contributed by atoms with E-state index in [0.29, 0.717) is 10.9 Å². The number of nitrogens with one attached hydrogen (secondary N) is 1. The van der Waals surface area contributed by atoms with Crippen LogP contribution in [0.1, 0.15) is 25.7 Å². The van der Waals surface area contributed by atoms with E-state index in [2.05, 4.69) is 26.5 Å². The molecule has 2 aromatic rings. The summed E-state index contributed by atoms with van der Waals surface area (Å²) in [6, 6.07) is 1.77. The highest BCUT2D eigenvalue weighted by Gasteiger charge is 2.07. The third-order valence-corrected chi connectivity index (χ3v) is 3.30. The SMILES string of the molecule is Clc1cc(NCCC2=CCCC2)n2ncnc2n1. The third kappa shape index (κ3) is 2.31. The molecule has 6 heteroatoms. The van der Waals surface area contributed by atoms with Gasteiger partial charge in [-0.05, 0) is 25.7 Å². The molecule has 2 aromatic heterocycles. The lowest BCUT2D eigenvalue weighted by Crippen LogP contribution is -2.08. The van der Waals surface area contributed by atoms with Crippen molar-refractivity contribution < 1.29 is 0 Å². The van der Waals surface area contributed by atoms with Crippen LogP contribution in [0, 0.1) is 0 Å². The summed E-state index contributed by atoms with van der Waals surface area (Å²) in [5, 5.41) is 7.88. The predicted molar refractivity (Wildman–Crippen MR) is 70.8 cm³/mol. The van der Waals surface area contributed by atoms with Crippen LogP contribution in [0.15, 0.2) is 24.0 Å². The molecule has 0 aromatic carbocycles. The lowest BCUT2D eigenvalue weighted by Gasteiger charge is -2.08. The summed E-state index contributed by atoms with van der Waals surface area (Å²) < 4.78 is 1.66. The molecule has 3 rings (SSSR count). The molecule has 0 atom stereocenters. The lowest BCUT2D eigenvalue weighted by atomic mass is 10.2. The molecular formula is C12H14ClN5. The molecule has 0 bridgehead atoms. The van der Waals surface area contributed by atoms with Crippen LogP contribution in [0.3, 0.4) is 0 Å². The molecule has 5 nitrogen and oxygen atoms in total. The van der Waals surface area contributed by atoms with Gasteiger partial charge in [0.25, 0.3) is 5.78 Å². The molecule has 0 fully saturated rings. The number of fused-ring (bicyclic) bond motifs is 1. The smallest absolute Gasteiger partial charge is 0.255 e. The van der Waals surface area contributed by atoms with E-state index < -0.39 is 0 Å². The summed E-state index contributed by atoms with van der Waals surface area (Å²) in [7, 11) is 0. The van der Waals surface area contributed by atoms with Gasteiger partial charge in [-0.2, -0.15) is 19.6 Å². The van der Waals surface area contributed by atoms with Crippen molar-refractivity contribution >= 4 is 23.2 Å². The van der Waals surface area contributed by atoms with Gasteiger partial charge >= 0.3 is 0 Å². The first-order valence-electron chi connectivity index (χ1n) is 6.11. The first kappa shape index (κ1) is 11.5. The Balaban J connectivity index is 1.71. The van der Waals surface area contributed by atoms with Gasteiger partial charge in [-0.3, -0.25) is 0 Å². The number of aromatic nitrogens is 4. The molecule has 18 heavy (non-hydrogen) atoms. The quantitative estimate of drug-likeness (QED) is 0.681. The van der Waals surface area contributed by atoms with Gasteiger partial charge in [0.2, 0.25) is 0 Å². The zero-order chi connectivity index (χ0) is 12.4. The Morgan fingerprint density at radius 3 is 3.22 bits per heavy atom. The molecule has 0 saturated heterocycles. The van der Waals surface area contributed by atoms with Gasteiger partial charge in [0, 0.05) is 12.6 Å². The average molecular weight is 264 g/mol. The fourth-order valence-electron chi connectivity index (χ4n) is 2.22. The second kappa shape index (κ2) is 4.94. The van der Waals surface area contributed by atoms with Crippen molar-refractivity contribution in [2.75, 3.05) is 11.9 Å². The number of hydrogen-bond donors (Lipinski definition) is 1. The standard InChI is InChI=1S/C12H14ClN5/c13-10-7-11(18-12(17-10)15-8-16-18)14-6-5-9-3-1-2-4-9/h3,7-8,14H,1-2,4-6H2. The van der Waals surface area contributed by atoms with E-state index in [4.69, 9.17) is 11.6 Å². The maximum absolute atomic E-state index is 5.94. The van der Waals surface area contributed by atoms with Crippen molar-refractivity contribution in [3.05, 3.63) is 29.2 Å². The highest BCUT2D eigenvalue weighted by atomic mass is 35.5. The van der Waals surface area contributed by atoms with Crippen molar-refractivity contribution in [1.82, 2.24) is 19.6 Å². The molecular weight excluding hydrogens is 250 g/mol. The zero-order valence-electron chi connectivity index (χ0n) is 9.93. The largest absolute Gasteiger partial charge is 0.369 e. The molecule has 0 aliphatic heterocycles. The summed E-state index contributed by atoms with van der Waals surface area (Å²) in [5.74, 6) is 1.35. The van der Waals surface area contributed by atoms with Crippen LogP contribution in [-0.2, 0) is 0 Å². The first-order chi connectivity index (χ1) is 8.83. The van der Waals surface area contributed by atoms with Gasteiger partial charge in [0.05, 0.1) is 0 Å². The van der Waals surface area contributed by atoms with Gasteiger partial charge < -0.3 is 5.32 Å². The fourth-order valence-corrected chi connectivity index (χ4v) is 2.40. The van der Waals surface area contributed by atoms with E-state index in [1.165, 1.54) is 31.2 Å². The molecule has 0 amide bonds. The Bertz CT molecular complexity index is 589. The number of nitrogens with zero attached hydrogens (tertiary/aromatic N) is 4. The molecule has 1 aliphatic carbocycles.